The fourth-order valence-corrected chi connectivity index (χ4v) is 2.09. The Balaban J connectivity index is 2.11. The molecule has 2 aromatic heterocycles. The average Bonchev–Trinajstić information content (AvgIpc) is 3.04. The second-order valence-electron chi connectivity index (χ2n) is 3.82. The number of nitrogens with zero attached hydrogens (tertiary/aromatic N) is 2. The van der Waals surface area contributed by atoms with Crippen molar-refractivity contribution < 1.29 is 4.52 Å². The van der Waals surface area contributed by atoms with Crippen LogP contribution < -0.4 is 5.73 Å². The van der Waals surface area contributed by atoms with Crippen molar-refractivity contribution in [2.75, 3.05) is 5.73 Å². The van der Waals surface area contributed by atoms with E-state index >= 15 is 0 Å². The van der Waals surface area contributed by atoms with Gasteiger partial charge in [0, 0.05) is 6.20 Å². The molecule has 3 rings (SSSR count). The van der Waals surface area contributed by atoms with Crippen LogP contribution in [0.3, 0.4) is 0 Å². The van der Waals surface area contributed by atoms with Gasteiger partial charge in [0.25, 0.3) is 5.89 Å². The van der Waals surface area contributed by atoms with E-state index in [-0.39, 0.29) is 5.89 Å². The average molecular weight is 295 g/mol. The first-order valence-corrected chi connectivity index (χ1v) is 6.13. The minimum absolute atomic E-state index is 0.231. The number of rotatable bonds is 2. The van der Waals surface area contributed by atoms with Crippen LogP contribution in [0.2, 0.25) is 10.0 Å². The maximum absolute atomic E-state index is 6.10. The summed E-state index contributed by atoms with van der Waals surface area (Å²) in [6.45, 7) is 0. The van der Waals surface area contributed by atoms with Gasteiger partial charge in [-0.1, -0.05) is 28.4 Å². The first-order chi connectivity index (χ1) is 9.16. The van der Waals surface area contributed by atoms with E-state index in [4.69, 9.17) is 33.5 Å². The van der Waals surface area contributed by atoms with Crippen molar-refractivity contribution >= 4 is 28.9 Å². The molecule has 7 heteroatoms. The van der Waals surface area contributed by atoms with Crippen LogP contribution in [0, 0.1) is 0 Å². The molecule has 0 saturated carbocycles. The molecule has 5 nitrogen and oxygen atoms in total. The molecule has 0 saturated heterocycles. The lowest BCUT2D eigenvalue weighted by Crippen LogP contribution is -1.92. The molecule has 0 aliphatic heterocycles. The van der Waals surface area contributed by atoms with Gasteiger partial charge in [0.15, 0.2) is 0 Å². The zero-order valence-corrected chi connectivity index (χ0v) is 11.0. The number of nitrogen functional groups attached to an aromatic ring is 1. The molecule has 0 aliphatic carbocycles. The lowest BCUT2D eigenvalue weighted by Gasteiger charge is -2.04. The topological polar surface area (TPSA) is 80.7 Å². The number of anilines is 1. The summed E-state index contributed by atoms with van der Waals surface area (Å²) in [5.74, 6) is 0.657. The smallest absolute Gasteiger partial charge is 0.261 e. The standard InChI is InChI=1S/C12H8Cl2N4O/c13-6-3-4-7(14)10(15)9(6)12-17-11(18-19-12)8-2-1-5-16-8/h1-5,16H,15H2. The van der Waals surface area contributed by atoms with E-state index in [0.29, 0.717) is 27.1 Å². The molecule has 0 aliphatic rings. The SMILES string of the molecule is Nc1c(Cl)ccc(Cl)c1-c1nc(-c2ccc[nH]2)no1. The van der Waals surface area contributed by atoms with Gasteiger partial charge in [-0.2, -0.15) is 4.98 Å². The summed E-state index contributed by atoms with van der Waals surface area (Å²) < 4.78 is 5.19. The Labute approximate surface area is 118 Å². The number of nitrogens with two attached hydrogens (primary N) is 1. The highest BCUT2D eigenvalue weighted by atomic mass is 35.5. The minimum atomic E-state index is 0.231. The third-order valence-corrected chi connectivity index (χ3v) is 3.26. The van der Waals surface area contributed by atoms with E-state index in [1.165, 1.54) is 0 Å². The Morgan fingerprint density at radius 3 is 2.68 bits per heavy atom. The molecule has 19 heavy (non-hydrogen) atoms. The van der Waals surface area contributed by atoms with E-state index in [0.717, 1.165) is 5.69 Å². The van der Waals surface area contributed by atoms with Crippen LogP contribution in [0.25, 0.3) is 23.0 Å². The summed E-state index contributed by atoms with van der Waals surface area (Å²) >= 11 is 12.1. The summed E-state index contributed by atoms with van der Waals surface area (Å²) in [6.07, 6.45) is 1.77. The Morgan fingerprint density at radius 1 is 1.16 bits per heavy atom. The van der Waals surface area contributed by atoms with Gasteiger partial charge in [-0.25, -0.2) is 0 Å². The highest BCUT2D eigenvalue weighted by Crippen LogP contribution is 2.37. The Bertz CT molecular complexity index is 721. The molecule has 3 aromatic rings. The van der Waals surface area contributed by atoms with E-state index in [1.54, 1.807) is 18.3 Å². The number of hydrogen-bond acceptors (Lipinski definition) is 4. The summed E-state index contributed by atoms with van der Waals surface area (Å²) in [5, 5.41) is 4.67. The van der Waals surface area contributed by atoms with Crippen molar-refractivity contribution in [3.63, 3.8) is 0 Å². The lowest BCUT2D eigenvalue weighted by atomic mass is 10.2. The van der Waals surface area contributed by atoms with Crippen molar-refractivity contribution in [3.05, 3.63) is 40.5 Å². The zero-order chi connectivity index (χ0) is 13.4. The van der Waals surface area contributed by atoms with Crippen LogP contribution in [0.5, 0.6) is 0 Å². The van der Waals surface area contributed by atoms with Crippen LogP contribution >= 0.6 is 23.2 Å². The first-order valence-electron chi connectivity index (χ1n) is 5.38. The molecular weight excluding hydrogens is 287 g/mol. The largest absolute Gasteiger partial charge is 0.397 e. The molecule has 0 unspecified atom stereocenters. The van der Waals surface area contributed by atoms with E-state index < -0.39 is 0 Å². The molecule has 3 N–H and O–H groups in total. The van der Waals surface area contributed by atoms with Gasteiger partial charge < -0.3 is 15.2 Å². The molecule has 96 valence electrons. The zero-order valence-electron chi connectivity index (χ0n) is 9.52. The highest BCUT2D eigenvalue weighted by Gasteiger charge is 2.18. The fourth-order valence-electron chi connectivity index (χ4n) is 1.69. The van der Waals surface area contributed by atoms with Crippen molar-refractivity contribution in [1.29, 1.82) is 0 Å². The first kappa shape index (κ1) is 12.1. The Kier molecular flexibility index (Phi) is 2.93. The molecule has 1 aromatic carbocycles. The molecule has 0 atom stereocenters. The maximum Gasteiger partial charge on any atom is 0.261 e. The number of benzene rings is 1. The molecule has 2 heterocycles. The summed E-state index contributed by atoms with van der Waals surface area (Å²) in [5.41, 5.74) is 7.39. The normalized spacial score (nSPS) is 10.8. The molecule has 0 amide bonds. The van der Waals surface area contributed by atoms with E-state index in [9.17, 15) is 0 Å². The number of aromatic amines is 1. The van der Waals surface area contributed by atoms with Crippen molar-refractivity contribution in [1.82, 2.24) is 15.1 Å². The van der Waals surface area contributed by atoms with E-state index in [1.807, 2.05) is 12.1 Å². The third kappa shape index (κ3) is 2.07. The fraction of sp³-hybridized carbons (Fsp3) is 0. The number of aromatic nitrogens is 3. The second-order valence-corrected chi connectivity index (χ2v) is 4.64. The van der Waals surface area contributed by atoms with Crippen molar-refractivity contribution in [2.45, 2.75) is 0 Å². The quantitative estimate of drug-likeness (QED) is 0.707. The van der Waals surface area contributed by atoms with Gasteiger partial charge >= 0.3 is 0 Å². The summed E-state index contributed by atoms with van der Waals surface area (Å²) in [7, 11) is 0. The van der Waals surface area contributed by atoms with Gasteiger partial charge in [0.2, 0.25) is 5.82 Å². The molecule has 0 bridgehead atoms. The number of halogens is 2. The van der Waals surface area contributed by atoms with Crippen LogP contribution in [0.4, 0.5) is 5.69 Å². The van der Waals surface area contributed by atoms with E-state index in [2.05, 4.69) is 15.1 Å². The lowest BCUT2D eigenvalue weighted by molar-refractivity contribution is 0.432. The Hall–Kier alpha value is -1.98. The van der Waals surface area contributed by atoms with Gasteiger partial charge in [-0.3, -0.25) is 0 Å². The highest BCUT2D eigenvalue weighted by molar-refractivity contribution is 6.37. The van der Waals surface area contributed by atoms with Gasteiger partial charge in [-0.05, 0) is 24.3 Å². The minimum Gasteiger partial charge on any atom is -0.397 e. The number of hydrogen-bond donors (Lipinski definition) is 2. The molecule has 0 radical (unpaired) electrons. The van der Waals surface area contributed by atoms with Crippen LogP contribution in [-0.2, 0) is 0 Å². The second kappa shape index (κ2) is 4.60. The predicted molar refractivity (Wildman–Crippen MR) is 74.0 cm³/mol. The summed E-state index contributed by atoms with van der Waals surface area (Å²) in [4.78, 5) is 7.24. The van der Waals surface area contributed by atoms with Gasteiger partial charge in [-0.15, -0.1) is 0 Å². The van der Waals surface area contributed by atoms with Crippen molar-refractivity contribution in [3.8, 4) is 23.0 Å². The predicted octanol–water partition coefficient (Wildman–Crippen LogP) is 3.62. The molecule has 0 fully saturated rings. The van der Waals surface area contributed by atoms with Crippen LogP contribution in [0.15, 0.2) is 35.0 Å². The summed E-state index contributed by atoms with van der Waals surface area (Å²) in [6, 6.07) is 6.92. The number of H-pyrrole nitrogens is 1. The van der Waals surface area contributed by atoms with Crippen LogP contribution in [0.1, 0.15) is 0 Å². The van der Waals surface area contributed by atoms with Crippen molar-refractivity contribution in [2.24, 2.45) is 0 Å². The maximum atomic E-state index is 6.10. The molecular formula is C12H8Cl2N4O. The monoisotopic (exact) mass is 294 g/mol. The van der Waals surface area contributed by atoms with Crippen LogP contribution in [-0.4, -0.2) is 15.1 Å². The molecule has 0 spiro atoms. The van der Waals surface area contributed by atoms with Gasteiger partial charge in [0.1, 0.15) is 0 Å². The third-order valence-electron chi connectivity index (χ3n) is 2.62. The van der Waals surface area contributed by atoms with Gasteiger partial charge in [0.05, 0.1) is 27.0 Å². The Morgan fingerprint density at radius 2 is 1.95 bits per heavy atom. The number of nitrogens with one attached hydrogen (secondary N) is 1.